The van der Waals surface area contributed by atoms with Crippen LogP contribution in [0.2, 0.25) is 0 Å². The summed E-state index contributed by atoms with van der Waals surface area (Å²) in [6.07, 6.45) is 4.24. The van der Waals surface area contributed by atoms with Crippen LogP contribution in [0.15, 0.2) is 29.1 Å². The van der Waals surface area contributed by atoms with Gasteiger partial charge in [-0.25, -0.2) is 14.6 Å². The lowest BCUT2D eigenvalue weighted by molar-refractivity contribution is -0.199. The number of carbonyl (C=O) groups excluding carboxylic acids is 2. The number of hydrogen-bond donors (Lipinski definition) is 2. The highest BCUT2D eigenvalue weighted by Gasteiger charge is 2.48. The standard InChI is InChI=1S/C33H38N4O7/c1-3-21-22-16-20(43-32(41)36-14-10-19(11-15-36)35-12-6-5-7-13-35)8-9-25(22)34-28-23(21)18-37-26(28)17-24-27(29(37)38)30(39)44-31(40)33(24,42)4-2/h8-9,16-17,19,30,39,42H,3-7,10-15,18H2,1-2H3/t30?,33-/m0/s1/i8+1,9+1,16+1,20+1,21+1,22+1,25+1,35+1. The van der Waals surface area contributed by atoms with Crippen LogP contribution in [0.3, 0.4) is 0 Å². The highest BCUT2D eigenvalue weighted by atomic mass is 16.6. The Bertz CT molecular complexity index is 1720. The van der Waals surface area contributed by atoms with Crippen molar-refractivity contribution in [3.63, 3.8) is 0 Å². The van der Waals surface area contributed by atoms with Gasteiger partial charge >= 0.3 is 12.1 Å². The fraction of sp³-hybridized carbons (Fsp3) is 0.515. The second-order valence-corrected chi connectivity index (χ2v) is 12.4. The number of aromatic nitrogens is 2. The number of ether oxygens (including phenoxy) is 2. The zero-order valence-electron chi connectivity index (χ0n) is 25.2. The van der Waals surface area contributed by atoms with Gasteiger partial charge < -0.3 is 34.1 Å². The van der Waals surface area contributed by atoms with Crippen molar-refractivity contribution >= 4 is 23.0 Å². The van der Waals surface area contributed by atoms with Crippen LogP contribution in [0.4, 0.5) is 4.79 Å². The maximum absolute atomic E-state index is 13.6. The van der Waals surface area contributed by atoms with E-state index in [4.69, 9.17) is 14.5 Å². The van der Waals surface area contributed by atoms with Crippen molar-refractivity contribution in [3.05, 3.63) is 56.9 Å². The molecule has 7 rings (SSSR count). The Morgan fingerprint density at radius 2 is 1.84 bits per heavy atom. The molecule has 0 saturated carbocycles. The molecule has 4 aliphatic rings. The van der Waals surface area contributed by atoms with E-state index in [1.165, 1.54) is 23.8 Å². The topological polar surface area (TPSA) is 134 Å². The summed E-state index contributed by atoms with van der Waals surface area (Å²) >= 11 is 0. The summed E-state index contributed by atoms with van der Waals surface area (Å²) in [5.74, 6) is -0.552. The van der Waals surface area contributed by atoms with E-state index >= 15 is 0 Å². The Kier molecular flexibility index (Phi) is 7.22. The number of amides is 1. The van der Waals surface area contributed by atoms with Gasteiger partial charge in [0.1, 0.15) is 5.75 Å². The number of cyclic esters (lactones) is 1. The molecule has 0 bridgehead atoms. The third-order valence-corrected chi connectivity index (χ3v) is 10.0. The summed E-state index contributed by atoms with van der Waals surface area (Å²) in [5.41, 5.74) is 0.864. The van der Waals surface area contributed by atoms with Gasteiger partial charge in [-0.2, -0.15) is 0 Å². The molecule has 2 atom stereocenters. The first kappa shape index (κ1) is 28.9. The van der Waals surface area contributed by atoms with Crippen LogP contribution in [0, 0.1) is 0 Å². The zero-order valence-corrected chi connectivity index (χ0v) is 25.2. The molecule has 3 aromatic rings. The first-order valence-corrected chi connectivity index (χ1v) is 15.8. The average Bonchev–Trinajstić information content (AvgIpc) is 3.41. The number of fused-ring (bicyclic) bond motifs is 5. The van der Waals surface area contributed by atoms with Gasteiger partial charge in [-0.05, 0) is 81.4 Å². The Hall–Kier alpha value is -3.80. The molecule has 0 spiro atoms. The molecule has 2 aromatic heterocycles. The number of carbonyl (C=O) groups is 2. The van der Waals surface area contributed by atoms with Crippen molar-refractivity contribution in [3.8, 4) is 17.1 Å². The molecule has 1 aromatic carbocycles. The number of likely N-dealkylation sites (tertiary alicyclic amines) is 2. The summed E-state index contributed by atoms with van der Waals surface area (Å²) in [5, 5.41) is 22.5. The third kappa shape index (κ3) is 4.52. The smallest absolute Gasteiger partial charge is 0.415 e. The van der Waals surface area contributed by atoms with E-state index in [1.54, 1.807) is 24.0 Å². The van der Waals surface area contributed by atoms with E-state index < -0.39 is 23.4 Å². The molecular weight excluding hydrogens is 572 g/mol. The molecule has 2 fully saturated rings. The summed E-state index contributed by atoms with van der Waals surface area (Å²) in [4.78, 5) is 48.6. The van der Waals surface area contributed by atoms with Gasteiger partial charge in [-0.15, -0.1) is 0 Å². The van der Waals surface area contributed by atoms with Gasteiger partial charge in [-0.1, -0.05) is 20.3 Å². The van der Waals surface area contributed by atoms with Crippen molar-refractivity contribution in [2.24, 2.45) is 0 Å². The number of aryl methyl sites for hydroxylation is 1. The normalized spacial score (nSPS) is 23.7. The lowest BCUT2D eigenvalue weighted by Gasteiger charge is -2.39. The van der Waals surface area contributed by atoms with Gasteiger partial charge in [0.05, 0.1) is 29.0 Å². The van der Waals surface area contributed by atoms with Gasteiger partial charge in [0.25, 0.3) is 5.56 Å². The van der Waals surface area contributed by atoms with Crippen LogP contribution in [-0.2, 0) is 28.1 Å². The van der Waals surface area contributed by atoms with Crippen molar-refractivity contribution in [2.75, 3.05) is 26.2 Å². The third-order valence-electron chi connectivity index (χ3n) is 10.0. The van der Waals surface area contributed by atoms with Crippen LogP contribution < -0.4 is 10.3 Å². The van der Waals surface area contributed by atoms with Crippen LogP contribution >= 0.6 is 0 Å². The quantitative estimate of drug-likeness (QED) is 0.263. The number of piperidine rings is 2. The van der Waals surface area contributed by atoms with Crippen LogP contribution in [0.5, 0.6) is 5.75 Å². The SMILES string of the molecule is CC[13c]1c2c(n[13c]3[13cH][13cH][13c](OC(=O)N4CCC([15N]5CCCCC5)CC4)[13cH][13c]13)-c1cc3c(c(=O)n1C2)C(O)OC(=O)[C@]3(O)CC. The lowest BCUT2D eigenvalue weighted by Crippen LogP contribution is -2.48. The number of aliphatic hydroxyl groups excluding tert-OH is 1. The van der Waals surface area contributed by atoms with Gasteiger partial charge in [0.2, 0.25) is 6.29 Å². The molecular formula is C33H38N4O7. The maximum atomic E-state index is 13.6. The number of aliphatic hydroxyl groups is 2. The van der Waals surface area contributed by atoms with E-state index in [-0.39, 0.29) is 30.2 Å². The first-order valence-electron chi connectivity index (χ1n) is 15.8. The largest absolute Gasteiger partial charge is 0.429 e. The number of pyridine rings is 2. The number of nitrogens with zero attached hydrogens (tertiary/aromatic N) is 4. The molecule has 0 radical (unpaired) electrons. The zero-order chi connectivity index (χ0) is 30.7. The predicted octanol–water partition coefficient (Wildman–Crippen LogP) is 3.58. The van der Waals surface area contributed by atoms with E-state index in [1.807, 2.05) is 19.1 Å². The number of benzene rings is 1. The molecule has 11 heteroatoms. The Morgan fingerprint density at radius 1 is 1.09 bits per heavy atom. The maximum Gasteiger partial charge on any atom is 0.415 e. The number of hydrogen-bond acceptors (Lipinski definition) is 9. The summed E-state index contributed by atoms with van der Waals surface area (Å²) < 4.78 is 12.3. The molecule has 6 heterocycles. The molecule has 232 valence electrons. The highest BCUT2D eigenvalue weighted by Crippen LogP contribution is 2.42. The minimum atomic E-state index is -2.04. The van der Waals surface area contributed by atoms with Crippen molar-refractivity contribution < 1.29 is 29.3 Å². The Balaban J connectivity index is 1.18. The fourth-order valence-corrected chi connectivity index (χ4v) is 7.52. The Morgan fingerprint density at radius 3 is 2.55 bits per heavy atom. The number of esters is 1. The summed E-state index contributed by atoms with van der Waals surface area (Å²) in [7, 11) is 0. The fourth-order valence-electron chi connectivity index (χ4n) is 7.52. The van der Waals surface area contributed by atoms with Crippen LogP contribution in [0.25, 0.3) is 22.3 Å². The second kappa shape index (κ2) is 11.0. The van der Waals surface area contributed by atoms with E-state index in [9.17, 15) is 24.6 Å². The van der Waals surface area contributed by atoms with E-state index in [0.29, 0.717) is 48.2 Å². The van der Waals surface area contributed by atoms with E-state index in [2.05, 4.69) is 4.90 Å². The highest BCUT2D eigenvalue weighted by molar-refractivity contribution is 5.90. The predicted molar refractivity (Wildman–Crippen MR) is 161 cm³/mol. The molecule has 11 nitrogen and oxygen atoms in total. The average molecular weight is 611 g/mol. The monoisotopic (exact) mass is 610 g/mol. The number of rotatable bonds is 4. The van der Waals surface area contributed by atoms with Crippen molar-refractivity contribution in [1.29, 1.82) is 0 Å². The molecule has 44 heavy (non-hydrogen) atoms. The molecule has 2 saturated heterocycles. The van der Waals surface area contributed by atoms with Gasteiger partial charge in [-0.3, -0.25) is 4.79 Å². The summed E-state index contributed by atoms with van der Waals surface area (Å²) in [6.45, 7) is 7.51. The van der Waals surface area contributed by atoms with Crippen molar-refractivity contribution in [2.45, 2.75) is 83.3 Å². The Labute approximate surface area is 255 Å². The van der Waals surface area contributed by atoms with Crippen LogP contribution in [-0.4, -0.2) is 73.8 Å². The van der Waals surface area contributed by atoms with Crippen molar-refractivity contribution in [1.82, 2.24) is 19.4 Å². The molecule has 1 unspecified atom stereocenters. The molecule has 1 amide bonds. The first-order chi connectivity index (χ1) is 21.2. The van der Waals surface area contributed by atoms with Crippen LogP contribution in [0.1, 0.15) is 80.9 Å². The summed E-state index contributed by atoms with van der Waals surface area (Å²) in [6, 6.07) is 7.50. The van der Waals surface area contributed by atoms with Gasteiger partial charge in [0, 0.05) is 35.6 Å². The van der Waals surface area contributed by atoms with E-state index in [0.717, 1.165) is 42.4 Å². The molecule has 2 N–H and O–H groups in total. The second-order valence-electron chi connectivity index (χ2n) is 12.4. The lowest BCUT2D eigenvalue weighted by atomic mass is 9.85. The van der Waals surface area contributed by atoms with Gasteiger partial charge in [0.15, 0.2) is 5.60 Å². The minimum Gasteiger partial charge on any atom is -0.429 e. The molecule has 4 aliphatic heterocycles. The molecule has 0 aliphatic carbocycles. The minimum absolute atomic E-state index is 0.0232.